The van der Waals surface area contributed by atoms with Crippen molar-refractivity contribution in [3.8, 4) is 11.5 Å². The molecule has 0 heterocycles. The summed E-state index contributed by atoms with van der Waals surface area (Å²) in [6.07, 6.45) is 0. The van der Waals surface area contributed by atoms with Crippen molar-refractivity contribution in [1.82, 2.24) is 5.32 Å². The number of ether oxygens (including phenoxy) is 2. The zero-order chi connectivity index (χ0) is 16.8. The largest absolute Gasteiger partial charge is 0.497 e. The summed E-state index contributed by atoms with van der Waals surface area (Å²) < 4.78 is 10.5. The first-order valence-electron chi connectivity index (χ1n) is 7.39. The maximum absolute atomic E-state index is 5.39. The van der Waals surface area contributed by atoms with Gasteiger partial charge in [0.2, 0.25) is 0 Å². The number of rotatable bonds is 5. The van der Waals surface area contributed by atoms with Crippen LogP contribution in [0.25, 0.3) is 0 Å². The van der Waals surface area contributed by atoms with Gasteiger partial charge in [-0.3, -0.25) is 0 Å². The molecule has 0 aromatic heterocycles. The van der Waals surface area contributed by atoms with Crippen LogP contribution in [0.1, 0.15) is 24.1 Å². The third-order valence-electron chi connectivity index (χ3n) is 3.53. The van der Waals surface area contributed by atoms with Crippen molar-refractivity contribution in [2.75, 3.05) is 19.5 Å². The number of methoxy groups -OCH3 is 2. The molecule has 0 amide bonds. The number of aryl methyl sites for hydroxylation is 1. The molecular weight excluding hydrogens is 308 g/mol. The van der Waals surface area contributed by atoms with Gasteiger partial charge in [-0.25, -0.2) is 0 Å². The fourth-order valence-corrected chi connectivity index (χ4v) is 2.48. The Morgan fingerprint density at radius 1 is 1.00 bits per heavy atom. The Balaban J connectivity index is 2.03. The summed E-state index contributed by atoms with van der Waals surface area (Å²) >= 11 is 5.39. The van der Waals surface area contributed by atoms with Gasteiger partial charge in [-0.05, 0) is 31.6 Å². The molecule has 122 valence electrons. The summed E-state index contributed by atoms with van der Waals surface area (Å²) in [4.78, 5) is 0. The van der Waals surface area contributed by atoms with Gasteiger partial charge in [0, 0.05) is 23.9 Å². The highest BCUT2D eigenvalue weighted by atomic mass is 32.1. The lowest BCUT2D eigenvalue weighted by atomic mass is 10.1. The van der Waals surface area contributed by atoms with Gasteiger partial charge in [0.1, 0.15) is 11.5 Å². The van der Waals surface area contributed by atoms with E-state index in [1.54, 1.807) is 14.2 Å². The average molecular weight is 330 g/mol. The summed E-state index contributed by atoms with van der Waals surface area (Å²) in [5.41, 5.74) is 3.24. The molecule has 4 nitrogen and oxygen atoms in total. The molecule has 0 aliphatic heterocycles. The monoisotopic (exact) mass is 330 g/mol. The highest BCUT2D eigenvalue weighted by Crippen LogP contribution is 2.25. The summed E-state index contributed by atoms with van der Waals surface area (Å²) in [5, 5.41) is 6.99. The van der Waals surface area contributed by atoms with Crippen LogP contribution in [0.5, 0.6) is 11.5 Å². The van der Waals surface area contributed by atoms with Crippen LogP contribution in [0.15, 0.2) is 42.5 Å². The van der Waals surface area contributed by atoms with E-state index in [-0.39, 0.29) is 6.04 Å². The number of nitrogens with one attached hydrogen (secondary N) is 2. The molecular formula is C18H22N2O2S. The highest BCUT2D eigenvalue weighted by Gasteiger charge is 2.08. The summed E-state index contributed by atoms with van der Waals surface area (Å²) in [6, 6.07) is 14.1. The van der Waals surface area contributed by atoms with Crippen LogP contribution >= 0.6 is 12.2 Å². The molecule has 0 aliphatic rings. The molecule has 0 spiro atoms. The van der Waals surface area contributed by atoms with Gasteiger partial charge in [-0.1, -0.05) is 29.8 Å². The molecule has 0 fully saturated rings. The molecule has 1 unspecified atom stereocenters. The summed E-state index contributed by atoms with van der Waals surface area (Å²) in [6.45, 7) is 4.15. The molecule has 2 rings (SSSR count). The van der Waals surface area contributed by atoms with E-state index in [4.69, 9.17) is 21.7 Å². The van der Waals surface area contributed by atoms with Gasteiger partial charge in [-0.15, -0.1) is 0 Å². The molecule has 0 radical (unpaired) electrons. The van der Waals surface area contributed by atoms with Gasteiger partial charge in [0.25, 0.3) is 0 Å². The van der Waals surface area contributed by atoms with Crippen LogP contribution in [0.4, 0.5) is 5.69 Å². The number of anilines is 1. The van der Waals surface area contributed by atoms with Crippen LogP contribution in [-0.2, 0) is 0 Å². The second-order valence-electron chi connectivity index (χ2n) is 5.33. The van der Waals surface area contributed by atoms with E-state index in [0.717, 1.165) is 5.69 Å². The van der Waals surface area contributed by atoms with E-state index in [0.29, 0.717) is 16.6 Å². The first kappa shape index (κ1) is 17.1. The first-order valence-corrected chi connectivity index (χ1v) is 7.80. The van der Waals surface area contributed by atoms with E-state index in [1.165, 1.54) is 11.1 Å². The zero-order valence-corrected chi connectivity index (χ0v) is 14.7. The number of hydrogen-bond acceptors (Lipinski definition) is 3. The molecule has 5 heteroatoms. The quantitative estimate of drug-likeness (QED) is 0.809. The third kappa shape index (κ3) is 4.86. The topological polar surface area (TPSA) is 42.5 Å². The van der Waals surface area contributed by atoms with Crippen molar-refractivity contribution in [3.05, 3.63) is 53.6 Å². The Morgan fingerprint density at radius 2 is 1.57 bits per heavy atom. The van der Waals surface area contributed by atoms with Gasteiger partial charge in [0.15, 0.2) is 5.11 Å². The van der Waals surface area contributed by atoms with Crippen molar-refractivity contribution in [2.45, 2.75) is 19.9 Å². The number of hydrogen-bond donors (Lipinski definition) is 2. The third-order valence-corrected chi connectivity index (χ3v) is 3.75. The maximum Gasteiger partial charge on any atom is 0.171 e. The summed E-state index contributed by atoms with van der Waals surface area (Å²) in [5.74, 6) is 1.42. The van der Waals surface area contributed by atoms with Crippen molar-refractivity contribution >= 4 is 23.0 Å². The SMILES string of the molecule is COc1cc(NC(=S)NC(C)c2ccc(C)cc2)cc(OC)c1. The molecule has 23 heavy (non-hydrogen) atoms. The minimum Gasteiger partial charge on any atom is -0.497 e. The van der Waals surface area contributed by atoms with Crippen LogP contribution in [0, 0.1) is 6.92 Å². The standard InChI is InChI=1S/C18H22N2O2S/c1-12-5-7-14(8-6-12)13(2)19-18(23)20-15-9-16(21-3)11-17(10-15)22-4/h5-11,13H,1-4H3,(H2,19,20,23). The van der Waals surface area contributed by atoms with Gasteiger partial charge < -0.3 is 20.1 Å². The van der Waals surface area contributed by atoms with Crippen LogP contribution in [0.3, 0.4) is 0 Å². The normalized spacial score (nSPS) is 11.5. The minimum absolute atomic E-state index is 0.114. The van der Waals surface area contributed by atoms with E-state index in [9.17, 15) is 0 Å². The fraction of sp³-hybridized carbons (Fsp3) is 0.278. The molecule has 1 atom stereocenters. The minimum atomic E-state index is 0.114. The molecule has 2 N–H and O–H groups in total. The Kier molecular flexibility index (Phi) is 5.82. The van der Waals surface area contributed by atoms with Crippen LogP contribution in [0.2, 0.25) is 0 Å². The number of thiocarbonyl (C=S) groups is 1. The smallest absolute Gasteiger partial charge is 0.171 e. The van der Waals surface area contributed by atoms with E-state index < -0.39 is 0 Å². The lowest BCUT2D eigenvalue weighted by molar-refractivity contribution is 0.395. The van der Waals surface area contributed by atoms with E-state index >= 15 is 0 Å². The zero-order valence-electron chi connectivity index (χ0n) is 13.8. The lowest BCUT2D eigenvalue weighted by Crippen LogP contribution is -2.30. The molecule has 0 aliphatic carbocycles. The predicted octanol–water partition coefficient (Wildman–Crippen LogP) is 4.06. The van der Waals surface area contributed by atoms with Crippen LogP contribution in [-0.4, -0.2) is 19.3 Å². The highest BCUT2D eigenvalue weighted by molar-refractivity contribution is 7.80. The van der Waals surface area contributed by atoms with Crippen LogP contribution < -0.4 is 20.1 Å². The van der Waals surface area contributed by atoms with E-state index in [1.807, 2.05) is 18.2 Å². The lowest BCUT2D eigenvalue weighted by Gasteiger charge is -2.18. The van der Waals surface area contributed by atoms with Crippen molar-refractivity contribution in [2.24, 2.45) is 0 Å². The maximum atomic E-state index is 5.39. The molecule has 2 aromatic carbocycles. The molecule has 0 bridgehead atoms. The Labute approximate surface area is 142 Å². The van der Waals surface area contributed by atoms with E-state index in [2.05, 4.69) is 48.7 Å². The molecule has 0 saturated heterocycles. The summed E-state index contributed by atoms with van der Waals surface area (Å²) in [7, 11) is 3.24. The molecule has 2 aromatic rings. The molecule has 0 saturated carbocycles. The van der Waals surface area contributed by atoms with Crippen molar-refractivity contribution < 1.29 is 9.47 Å². The van der Waals surface area contributed by atoms with Gasteiger partial charge in [0.05, 0.1) is 20.3 Å². The van der Waals surface area contributed by atoms with Crippen molar-refractivity contribution in [1.29, 1.82) is 0 Å². The fourth-order valence-electron chi connectivity index (χ4n) is 2.18. The Hall–Kier alpha value is -2.27. The predicted molar refractivity (Wildman–Crippen MR) is 98.5 cm³/mol. The first-order chi connectivity index (χ1) is 11.0. The Morgan fingerprint density at radius 3 is 2.09 bits per heavy atom. The van der Waals surface area contributed by atoms with Gasteiger partial charge >= 0.3 is 0 Å². The second-order valence-corrected chi connectivity index (χ2v) is 5.74. The number of benzene rings is 2. The van der Waals surface area contributed by atoms with Crippen molar-refractivity contribution in [3.63, 3.8) is 0 Å². The average Bonchev–Trinajstić information content (AvgIpc) is 2.54. The second kappa shape index (κ2) is 7.83. The van der Waals surface area contributed by atoms with Gasteiger partial charge in [-0.2, -0.15) is 0 Å². The Bertz CT molecular complexity index is 649.